The molecule has 5 nitrogen and oxygen atoms in total. The van der Waals surface area contributed by atoms with Gasteiger partial charge in [0.05, 0.1) is 0 Å². The van der Waals surface area contributed by atoms with E-state index in [1.54, 1.807) is 24.5 Å². The van der Waals surface area contributed by atoms with Gasteiger partial charge >= 0.3 is 11.9 Å². The minimum absolute atomic E-state index is 0.128. The smallest absolute Gasteiger partial charge is 0.352 e. The van der Waals surface area contributed by atoms with Crippen molar-refractivity contribution in [3.05, 3.63) is 66.0 Å². The Balaban J connectivity index is 2.07. The molecule has 0 N–H and O–H groups in total. The fourth-order valence-corrected chi connectivity index (χ4v) is 2.11. The summed E-state index contributed by atoms with van der Waals surface area (Å²) in [5.41, 5.74) is 1.41. The Kier molecular flexibility index (Phi) is 6.49. The molecule has 2 rings (SSSR count). The molecule has 0 aliphatic heterocycles. The highest BCUT2D eigenvalue weighted by atomic mass is 16.6. The van der Waals surface area contributed by atoms with Crippen LogP contribution in [0.5, 0.6) is 0 Å². The van der Waals surface area contributed by atoms with Crippen LogP contribution in [-0.4, -0.2) is 16.9 Å². The molecule has 2 aromatic rings. The van der Waals surface area contributed by atoms with Gasteiger partial charge in [-0.2, -0.15) is 0 Å². The fraction of sp³-hybridized carbons (Fsp3) is 0.316. The van der Waals surface area contributed by atoms with Gasteiger partial charge in [-0.05, 0) is 23.6 Å². The van der Waals surface area contributed by atoms with Gasteiger partial charge in [0.2, 0.25) is 6.10 Å². The summed E-state index contributed by atoms with van der Waals surface area (Å²) in [5.74, 6) is -0.874. The predicted octanol–water partition coefficient (Wildman–Crippen LogP) is 3.46. The molecule has 1 aromatic carbocycles. The number of nitrogens with zero attached hydrogens (tertiary/aromatic N) is 1. The topological polar surface area (TPSA) is 65.5 Å². The highest BCUT2D eigenvalue weighted by Crippen LogP contribution is 2.21. The summed E-state index contributed by atoms with van der Waals surface area (Å²) in [6.45, 7) is 3.95. The summed E-state index contributed by atoms with van der Waals surface area (Å²) in [5, 5.41) is 0. The summed E-state index contributed by atoms with van der Waals surface area (Å²) >= 11 is 0. The molecule has 1 heterocycles. The molecule has 24 heavy (non-hydrogen) atoms. The van der Waals surface area contributed by atoms with E-state index in [4.69, 9.17) is 9.47 Å². The number of benzene rings is 1. The fourth-order valence-electron chi connectivity index (χ4n) is 2.11. The van der Waals surface area contributed by atoms with E-state index in [-0.39, 0.29) is 18.9 Å². The highest BCUT2D eigenvalue weighted by Gasteiger charge is 2.27. The maximum Gasteiger partial charge on any atom is 0.352 e. The van der Waals surface area contributed by atoms with Crippen LogP contribution in [0.1, 0.15) is 37.5 Å². The van der Waals surface area contributed by atoms with Crippen molar-refractivity contribution in [3.63, 3.8) is 0 Å². The molecule has 1 atom stereocenters. The third-order valence-corrected chi connectivity index (χ3v) is 3.27. The second-order valence-electron chi connectivity index (χ2n) is 5.84. The first-order valence-corrected chi connectivity index (χ1v) is 7.86. The molecule has 126 valence electrons. The number of aromatic nitrogens is 1. The number of pyridine rings is 1. The Bertz CT molecular complexity index is 656. The largest absolute Gasteiger partial charge is 0.458 e. The molecule has 0 fully saturated rings. The van der Waals surface area contributed by atoms with Crippen molar-refractivity contribution in [1.82, 2.24) is 4.98 Å². The number of ether oxygens (including phenoxy) is 2. The Morgan fingerprint density at radius 3 is 2.33 bits per heavy atom. The van der Waals surface area contributed by atoms with Crippen LogP contribution in [0.2, 0.25) is 0 Å². The quantitative estimate of drug-likeness (QED) is 0.729. The van der Waals surface area contributed by atoms with Gasteiger partial charge in [0.15, 0.2) is 0 Å². The molecule has 1 aromatic heterocycles. The molecule has 0 aliphatic rings. The molecular formula is C19H21NO4. The summed E-state index contributed by atoms with van der Waals surface area (Å²) < 4.78 is 10.7. The van der Waals surface area contributed by atoms with Gasteiger partial charge in [-0.3, -0.25) is 9.78 Å². The van der Waals surface area contributed by atoms with Crippen LogP contribution in [0.25, 0.3) is 0 Å². The van der Waals surface area contributed by atoms with Gasteiger partial charge in [-0.25, -0.2) is 4.79 Å². The van der Waals surface area contributed by atoms with Gasteiger partial charge < -0.3 is 9.47 Å². The van der Waals surface area contributed by atoms with Crippen LogP contribution in [0.4, 0.5) is 0 Å². The van der Waals surface area contributed by atoms with E-state index in [1.165, 1.54) is 0 Å². The van der Waals surface area contributed by atoms with Crippen LogP contribution in [0.3, 0.4) is 0 Å². The molecule has 0 saturated heterocycles. The van der Waals surface area contributed by atoms with Crippen LogP contribution >= 0.6 is 0 Å². The lowest BCUT2D eigenvalue weighted by Gasteiger charge is -2.17. The zero-order chi connectivity index (χ0) is 17.4. The van der Waals surface area contributed by atoms with Crippen molar-refractivity contribution in [2.45, 2.75) is 33.0 Å². The van der Waals surface area contributed by atoms with Crippen LogP contribution in [0, 0.1) is 5.92 Å². The second kappa shape index (κ2) is 8.82. The van der Waals surface area contributed by atoms with E-state index < -0.39 is 18.0 Å². The maximum atomic E-state index is 12.4. The highest BCUT2D eigenvalue weighted by molar-refractivity contribution is 5.80. The second-order valence-corrected chi connectivity index (χ2v) is 5.84. The van der Waals surface area contributed by atoms with E-state index >= 15 is 0 Å². The summed E-state index contributed by atoms with van der Waals surface area (Å²) in [7, 11) is 0. The minimum atomic E-state index is -1.08. The van der Waals surface area contributed by atoms with Crippen LogP contribution in [0.15, 0.2) is 54.9 Å². The van der Waals surface area contributed by atoms with Crippen molar-refractivity contribution in [2.75, 3.05) is 0 Å². The van der Waals surface area contributed by atoms with E-state index in [2.05, 4.69) is 4.98 Å². The van der Waals surface area contributed by atoms with Crippen molar-refractivity contribution in [3.8, 4) is 0 Å². The first-order chi connectivity index (χ1) is 11.6. The Hall–Kier alpha value is -2.69. The Labute approximate surface area is 141 Å². The molecular weight excluding hydrogens is 306 g/mol. The van der Waals surface area contributed by atoms with Crippen LogP contribution in [-0.2, 0) is 25.7 Å². The van der Waals surface area contributed by atoms with Gasteiger partial charge in [-0.1, -0.05) is 44.2 Å². The van der Waals surface area contributed by atoms with Gasteiger partial charge in [-0.15, -0.1) is 0 Å². The van der Waals surface area contributed by atoms with E-state index in [0.29, 0.717) is 5.56 Å². The third kappa shape index (κ3) is 5.50. The number of rotatable bonds is 7. The van der Waals surface area contributed by atoms with Gasteiger partial charge in [0.25, 0.3) is 0 Å². The first kappa shape index (κ1) is 17.7. The van der Waals surface area contributed by atoms with Crippen molar-refractivity contribution >= 4 is 11.9 Å². The van der Waals surface area contributed by atoms with E-state index in [1.807, 2.05) is 44.2 Å². The lowest BCUT2D eigenvalue weighted by molar-refractivity contribution is -0.170. The van der Waals surface area contributed by atoms with E-state index in [0.717, 1.165) is 5.56 Å². The van der Waals surface area contributed by atoms with Crippen molar-refractivity contribution < 1.29 is 19.1 Å². The predicted molar refractivity (Wildman–Crippen MR) is 88.8 cm³/mol. The summed E-state index contributed by atoms with van der Waals surface area (Å²) in [4.78, 5) is 28.3. The summed E-state index contributed by atoms with van der Waals surface area (Å²) in [6, 6.07) is 12.6. The average molecular weight is 327 g/mol. The lowest BCUT2D eigenvalue weighted by atomic mass is 10.1. The normalized spacial score (nSPS) is 11.8. The average Bonchev–Trinajstić information content (AvgIpc) is 2.58. The maximum absolute atomic E-state index is 12.4. The number of hydrogen-bond donors (Lipinski definition) is 0. The minimum Gasteiger partial charge on any atom is -0.458 e. The molecule has 0 spiro atoms. The number of hydrogen-bond acceptors (Lipinski definition) is 5. The van der Waals surface area contributed by atoms with Gasteiger partial charge in [0, 0.05) is 24.4 Å². The molecule has 0 aliphatic carbocycles. The van der Waals surface area contributed by atoms with E-state index in [9.17, 15) is 9.59 Å². The van der Waals surface area contributed by atoms with Gasteiger partial charge in [0.1, 0.15) is 6.61 Å². The first-order valence-electron chi connectivity index (χ1n) is 7.86. The molecule has 0 saturated carbocycles. The molecule has 0 radical (unpaired) electrons. The zero-order valence-electron chi connectivity index (χ0n) is 13.8. The standard InChI is InChI=1S/C19H21NO4/c1-14(2)12-17(21)24-18(16-8-10-20-11-9-16)19(22)23-13-15-6-4-3-5-7-15/h3-11,14,18H,12-13H2,1-2H3. The molecule has 0 bridgehead atoms. The third-order valence-electron chi connectivity index (χ3n) is 3.27. The Morgan fingerprint density at radius 2 is 1.71 bits per heavy atom. The molecule has 5 heteroatoms. The zero-order valence-corrected chi connectivity index (χ0v) is 13.8. The molecule has 0 amide bonds. The number of carbonyl (C=O) groups is 2. The monoisotopic (exact) mass is 327 g/mol. The molecule has 1 unspecified atom stereocenters. The number of esters is 2. The SMILES string of the molecule is CC(C)CC(=O)OC(C(=O)OCc1ccccc1)c1ccncc1. The summed E-state index contributed by atoms with van der Waals surface area (Å²) in [6.07, 6.45) is 2.25. The Morgan fingerprint density at radius 1 is 1.04 bits per heavy atom. The van der Waals surface area contributed by atoms with Crippen molar-refractivity contribution in [1.29, 1.82) is 0 Å². The lowest BCUT2D eigenvalue weighted by Crippen LogP contribution is -2.22. The van der Waals surface area contributed by atoms with Crippen LogP contribution < -0.4 is 0 Å². The van der Waals surface area contributed by atoms with Crippen molar-refractivity contribution in [2.24, 2.45) is 5.92 Å². The number of carbonyl (C=O) groups excluding carboxylic acids is 2.